The average Bonchev–Trinajstić information content (AvgIpc) is 3.47. The van der Waals surface area contributed by atoms with Crippen molar-refractivity contribution in [1.29, 1.82) is 0 Å². The molecule has 2 aromatic heterocycles. The molecule has 0 radical (unpaired) electrons. The fourth-order valence-electron chi connectivity index (χ4n) is 6.60. The van der Waals surface area contributed by atoms with Crippen LogP contribution in [0.15, 0.2) is 30.5 Å². The summed E-state index contributed by atoms with van der Waals surface area (Å²) in [5, 5.41) is 4.58. The van der Waals surface area contributed by atoms with E-state index in [0.29, 0.717) is 26.2 Å². The van der Waals surface area contributed by atoms with Gasteiger partial charge in [0.25, 0.3) is 0 Å². The lowest BCUT2D eigenvalue weighted by molar-refractivity contribution is -0.348. The monoisotopic (exact) mass is 680 g/mol. The molecule has 2 saturated heterocycles. The van der Waals surface area contributed by atoms with Gasteiger partial charge in [-0.25, -0.2) is 10.7 Å². The maximum absolute atomic E-state index is 6.52. The van der Waals surface area contributed by atoms with E-state index in [1.165, 1.54) is 0 Å². The zero-order valence-corrected chi connectivity index (χ0v) is 31.1. The van der Waals surface area contributed by atoms with Crippen molar-refractivity contribution in [2.45, 2.75) is 98.7 Å². The van der Waals surface area contributed by atoms with E-state index in [0.717, 1.165) is 70.7 Å². The van der Waals surface area contributed by atoms with Gasteiger partial charge < -0.3 is 33.6 Å². The van der Waals surface area contributed by atoms with Crippen LogP contribution in [0.1, 0.15) is 79.7 Å². The predicted octanol–water partition coefficient (Wildman–Crippen LogP) is 4.44. The molecule has 0 amide bonds. The molecule has 12 nitrogen and oxygen atoms in total. The largest absolute Gasteiger partial charge is 0.494 e. The first-order valence-corrected chi connectivity index (χ1v) is 17.5. The lowest BCUT2D eigenvalue weighted by Crippen LogP contribution is -2.43. The Kier molecular flexibility index (Phi) is 11.8. The maximum atomic E-state index is 6.52. The van der Waals surface area contributed by atoms with Crippen LogP contribution < -0.4 is 27.1 Å². The van der Waals surface area contributed by atoms with E-state index in [1.807, 2.05) is 6.20 Å². The summed E-state index contributed by atoms with van der Waals surface area (Å²) in [7, 11) is 1.23. The Morgan fingerprint density at radius 3 is 2.41 bits per heavy atom. The molecule has 270 valence electrons. The summed E-state index contributed by atoms with van der Waals surface area (Å²) in [5.74, 6) is 5.34. The van der Waals surface area contributed by atoms with Gasteiger partial charge in [0.1, 0.15) is 0 Å². The Morgan fingerprint density at radius 2 is 1.78 bits per heavy atom. The molecular weight excluding hydrogens is 623 g/mol. The first-order valence-electron chi connectivity index (χ1n) is 17.5. The number of hydrogen-bond acceptors (Lipinski definition) is 11. The quantitative estimate of drug-likeness (QED) is 0.0694. The number of benzene rings is 1. The third kappa shape index (κ3) is 8.32. The summed E-state index contributed by atoms with van der Waals surface area (Å²) in [6.07, 6.45) is 2.52. The molecule has 1 aromatic carbocycles. The molecule has 4 heterocycles. The van der Waals surface area contributed by atoms with Crippen LogP contribution in [-0.2, 0) is 41.6 Å². The van der Waals surface area contributed by atoms with Crippen LogP contribution in [0.5, 0.6) is 0 Å². The number of nitrogens with two attached hydrogens (primary N) is 1. The minimum absolute atomic E-state index is 0.105. The van der Waals surface area contributed by atoms with Crippen molar-refractivity contribution in [3.63, 3.8) is 0 Å². The Hall–Kier alpha value is -2.59. The number of piperazine rings is 1. The van der Waals surface area contributed by atoms with Crippen LogP contribution in [0.25, 0.3) is 22.2 Å². The molecule has 1 atom stereocenters. The van der Waals surface area contributed by atoms with Crippen LogP contribution in [0.2, 0.25) is 0 Å². The van der Waals surface area contributed by atoms with Crippen LogP contribution in [0.3, 0.4) is 0 Å². The van der Waals surface area contributed by atoms with Gasteiger partial charge in [-0.15, -0.1) is 10.6 Å². The fourth-order valence-corrected chi connectivity index (χ4v) is 6.60. The zero-order valence-electron chi connectivity index (χ0n) is 31.1. The highest BCUT2D eigenvalue weighted by Crippen LogP contribution is 2.42. The summed E-state index contributed by atoms with van der Waals surface area (Å²) in [4.78, 5) is 17.8. The van der Waals surface area contributed by atoms with Gasteiger partial charge in [0.2, 0.25) is 0 Å². The minimum Gasteiger partial charge on any atom is -0.399 e. The van der Waals surface area contributed by atoms with Gasteiger partial charge in [-0.1, -0.05) is 26.0 Å². The third-order valence-corrected chi connectivity index (χ3v) is 10.1. The standard InChI is InChI=1S/C36H57BN6O6/c1-24(2)45-18-17-43-31-12-11-26(37-47-35(6,7)36(8,9)48-37)19-28(31)30(21-34(4,5)23-46-49-41-38)33(43)29-20-27(42-15-13-39-14-16-42)22-40-32(29)25(3)44-10/h11-12,19-20,22,24-25,39,41H,13-18,21,23,38H2,1-10H3. The second kappa shape index (κ2) is 15.3. The Morgan fingerprint density at radius 1 is 1.08 bits per heavy atom. The summed E-state index contributed by atoms with van der Waals surface area (Å²) >= 11 is 0. The molecule has 0 spiro atoms. The summed E-state index contributed by atoms with van der Waals surface area (Å²) in [5.41, 5.74) is 8.18. The van der Waals surface area contributed by atoms with Crippen molar-refractivity contribution >= 4 is 29.2 Å². The number of hydrogen-bond donors (Lipinski definition) is 3. The predicted molar refractivity (Wildman–Crippen MR) is 194 cm³/mol. The van der Waals surface area contributed by atoms with Gasteiger partial charge in [-0.2, -0.15) is 0 Å². The number of hydrazine groups is 1. The Labute approximate surface area is 292 Å². The zero-order chi connectivity index (χ0) is 35.6. The average molecular weight is 681 g/mol. The first kappa shape index (κ1) is 37.7. The van der Waals surface area contributed by atoms with E-state index in [2.05, 4.69) is 107 Å². The van der Waals surface area contributed by atoms with Crippen molar-refractivity contribution in [2.24, 2.45) is 11.3 Å². The maximum Gasteiger partial charge on any atom is 0.494 e. The lowest BCUT2D eigenvalue weighted by Gasteiger charge is -2.32. The Bertz CT molecular complexity index is 1560. The van der Waals surface area contributed by atoms with Gasteiger partial charge in [-0.3, -0.25) is 4.98 Å². The second-order valence-corrected chi connectivity index (χ2v) is 15.3. The van der Waals surface area contributed by atoms with Crippen LogP contribution in [0.4, 0.5) is 5.69 Å². The second-order valence-electron chi connectivity index (χ2n) is 15.3. The van der Waals surface area contributed by atoms with Crippen molar-refractivity contribution in [3.05, 3.63) is 41.7 Å². The highest BCUT2D eigenvalue weighted by molar-refractivity contribution is 6.62. The molecule has 3 aromatic rings. The van der Waals surface area contributed by atoms with E-state index >= 15 is 0 Å². The van der Waals surface area contributed by atoms with Crippen LogP contribution in [-0.4, -0.2) is 80.5 Å². The molecule has 1 unspecified atom stereocenters. The number of ether oxygens (including phenoxy) is 2. The smallest absolute Gasteiger partial charge is 0.399 e. The van der Waals surface area contributed by atoms with Crippen LogP contribution >= 0.6 is 0 Å². The van der Waals surface area contributed by atoms with E-state index in [9.17, 15) is 0 Å². The SMILES string of the molecule is COC(C)c1ncc(N2CCNCC2)cc1-c1c(CC(C)(C)COONN)c2cc(B3OC(C)(C)C(C)(C)O3)ccc2n1CCOC(C)C. The lowest BCUT2D eigenvalue weighted by atomic mass is 9.77. The number of anilines is 1. The first-order chi connectivity index (χ1) is 23.2. The highest BCUT2D eigenvalue weighted by atomic mass is 17.3. The molecule has 4 N–H and O–H groups in total. The van der Waals surface area contributed by atoms with Gasteiger partial charge in [0.05, 0.1) is 59.9 Å². The third-order valence-electron chi connectivity index (χ3n) is 10.1. The van der Waals surface area contributed by atoms with Crippen LogP contribution in [0, 0.1) is 5.41 Å². The number of methoxy groups -OCH3 is 1. The highest BCUT2D eigenvalue weighted by Gasteiger charge is 2.51. The van der Waals surface area contributed by atoms with E-state index in [-0.39, 0.29) is 17.6 Å². The molecule has 0 bridgehead atoms. The van der Waals surface area contributed by atoms with Crippen molar-refractivity contribution in [3.8, 4) is 11.3 Å². The number of nitrogens with zero attached hydrogens (tertiary/aromatic N) is 3. The molecule has 13 heteroatoms. The number of fused-ring (bicyclic) bond motifs is 1. The van der Waals surface area contributed by atoms with E-state index in [1.54, 1.807) is 7.11 Å². The van der Waals surface area contributed by atoms with Gasteiger partial charge >= 0.3 is 7.12 Å². The molecule has 0 aliphatic carbocycles. The summed E-state index contributed by atoms with van der Waals surface area (Å²) in [6.45, 7) is 24.0. The van der Waals surface area contributed by atoms with Crippen molar-refractivity contribution < 1.29 is 28.7 Å². The van der Waals surface area contributed by atoms with Crippen molar-refractivity contribution in [2.75, 3.05) is 51.4 Å². The molecule has 2 aliphatic heterocycles. The molecule has 2 aliphatic rings. The molecular formula is C36H57BN6O6. The fraction of sp³-hybridized carbons (Fsp3) is 0.639. The van der Waals surface area contributed by atoms with Gasteiger partial charge in [0.15, 0.2) is 0 Å². The van der Waals surface area contributed by atoms with E-state index < -0.39 is 18.3 Å². The van der Waals surface area contributed by atoms with Gasteiger partial charge in [0, 0.05) is 56.3 Å². The number of pyridine rings is 1. The molecule has 49 heavy (non-hydrogen) atoms. The normalized spacial score (nSPS) is 18.6. The van der Waals surface area contributed by atoms with Crippen molar-refractivity contribution in [1.82, 2.24) is 20.5 Å². The Balaban J connectivity index is 1.76. The summed E-state index contributed by atoms with van der Waals surface area (Å²) in [6, 6.07) is 8.84. The molecule has 2 fully saturated rings. The minimum atomic E-state index is -0.500. The number of nitrogens with one attached hydrogen (secondary N) is 2. The summed E-state index contributed by atoms with van der Waals surface area (Å²) < 4.78 is 27.5. The topological polar surface area (TPSA) is 127 Å². The number of aromatic nitrogens is 2. The molecule has 5 rings (SSSR count). The van der Waals surface area contributed by atoms with Gasteiger partial charge in [-0.05, 0) is 83.5 Å². The van der Waals surface area contributed by atoms with E-state index in [4.69, 9.17) is 39.5 Å². The molecule has 0 saturated carbocycles. The number of rotatable bonds is 15.